The first-order valence-corrected chi connectivity index (χ1v) is 7.65. The number of guanidine groups is 1. The molecule has 1 aromatic rings. The van der Waals surface area contributed by atoms with E-state index in [1.807, 2.05) is 17.8 Å². The number of methoxy groups -OCH3 is 1. The minimum Gasteiger partial charge on any atom is -0.382 e. The summed E-state index contributed by atoms with van der Waals surface area (Å²) in [5.74, 6) is 0.562. The fourth-order valence-corrected chi connectivity index (χ4v) is 2.77. The number of nitrogens with zero attached hydrogens (tertiary/aromatic N) is 4. The molecule has 1 heterocycles. The van der Waals surface area contributed by atoms with E-state index in [1.54, 1.807) is 13.3 Å². The molecule has 1 aliphatic rings. The Hall–Kier alpha value is -2.07. The highest BCUT2D eigenvalue weighted by Gasteiger charge is 2.22. The predicted molar refractivity (Wildman–Crippen MR) is 85.4 cm³/mol. The van der Waals surface area contributed by atoms with Crippen LogP contribution >= 0.6 is 0 Å². The number of hydrogen-bond acceptors (Lipinski definition) is 4. The third kappa shape index (κ3) is 4.46. The number of ether oxygens (including phenoxy) is 1. The summed E-state index contributed by atoms with van der Waals surface area (Å²) in [6.07, 6.45) is 7.58. The number of rotatable bonds is 5. The number of aromatic nitrogens is 2. The second kappa shape index (κ2) is 7.80. The molecule has 0 saturated heterocycles. The standard InChI is InChI=1S/C15H24N6O/c1-11(10-22-2)19-15(17)20-13-8-18-21(9-13)14-5-3-12(7-16)4-6-14/h8-9,11-12,14H,3-6,10H2,1-2H3,(H3,17,19,20)/t11?,12-,14+. The fraction of sp³-hybridized carbons (Fsp3) is 0.667. The van der Waals surface area contributed by atoms with Crippen LogP contribution in [0.15, 0.2) is 17.4 Å². The summed E-state index contributed by atoms with van der Waals surface area (Å²) >= 11 is 0. The van der Waals surface area contributed by atoms with Crippen LogP contribution in [0.2, 0.25) is 0 Å². The molecule has 0 aliphatic heterocycles. The van der Waals surface area contributed by atoms with E-state index in [1.165, 1.54) is 0 Å². The lowest BCUT2D eigenvalue weighted by Crippen LogP contribution is -2.25. The summed E-state index contributed by atoms with van der Waals surface area (Å²) in [7, 11) is 1.64. The molecule has 120 valence electrons. The van der Waals surface area contributed by atoms with E-state index >= 15 is 0 Å². The van der Waals surface area contributed by atoms with Gasteiger partial charge in [-0.25, -0.2) is 4.99 Å². The van der Waals surface area contributed by atoms with Gasteiger partial charge in [-0.2, -0.15) is 10.4 Å². The first-order valence-electron chi connectivity index (χ1n) is 7.65. The molecule has 0 aromatic carbocycles. The minimum absolute atomic E-state index is 0.00815. The van der Waals surface area contributed by atoms with E-state index in [0.717, 1.165) is 31.4 Å². The Morgan fingerprint density at radius 1 is 1.59 bits per heavy atom. The van der Waals surface area contributed by atoms with Crippen LogP contribution in [0.5, 0.6) is 0 Å². The highest BCUT2D eigenvalue weighted by molar-refractivity contribution is 5.92. The minimum atomic E-state index is 0.00815. The van der Waals surface area contributed by atoms with Crippen molar-refractivity contribution in [2.75, 3.05) is 19.0 Å². The van der Waals surface area contributed by atoms with Crippen molar-refractivity contribution in [2.45, 2.75) is 44.7 Å². The highest BCUT2D eigenvalue weighted by Crippen LogP contribution is 2.31. The van der Waals surface area contributed by atoms with Crippen LogP contribution in [-0.2, 0) is 4.74 Å². The summed E-state index contributed by atoms with van der Waals surface area (Å²) < 4.78 is 6.99. The molecular weight excluding hydrogens is 280 g/mol. The number of hydrogen-bond donors (Lipinski definition) is 2. The Labute approximate surface area is 131 Å². The maximum Gasteiger partial charge on any atom is 0.193 e. The van der Waals surface area contributed by atoms with Crippen molar-refractivity contribution < 1.29 is 4.74 Å². The van der Waals surface area contributed by atoms with E-state index < -0.39 is 0 Å². The van der Waals surface area contributed by atoms with Gasteiger partial charge < -0.3 is 15.8 Å². The lowest BCUT2D eigenvalue weighted by Gasteiger charge is -2.24. The van der Waals surface area contributed by atoms with E-state index in [0.29, 0.717) is 18.6 Å². The number of nitrogens with two attached hydrogens (primary N) is 1. The molecule has 0 bridgehead atoms. The van der Waals surface area contributed by atoms with Gasteiger partial charge in [-0.1, -0.05) is 0 Å². The van der Waals surface area contributed by atoms with Crippen LogP contribution in [-0.4, -0.2) is 35.5 Å². The molecule has 1 unspecified atom stereocenters. The average Bonchev–Trinajstić information content (AvgIpc) is 2.95. The van der Waals surface area contributed by atoms with Crippen molar-refractivity contribution in [1.82, 2.24) is 9.78 Å². The van der Waals surface area contributed by atoms with E-state index in [2.05, 4.69) is 21.5 Å². The molecule has 1 atom stereocenters. The normalized spacial score (nSPS) is 23.8. The molecule has 1 saturated carbocycles. The van der Waals surface area contributed by atoms with Crippen molar-refractivity contribution in [3.05, 3.63) is 12.4 Å². The van der Waals surface area contributed by atoms with Gasteiger partial charge in [-0.05, 0) is 32.6 Å². The zero-order chi connectivity index (χ0) is 15.9. The molecule has 7 heteroatoms. The molecule has 2 rings (SSSR count). The van der Waals surface area contributed by atoms with Gasteiger partial charge in [0.15, 0.2) is 5.96 Å². The molecule has 3 N–H and O–H groups in total. The summed E-state index contributed by atoms with van der Waals surface area (Å²) in [5, 5.41) is 16.4. The summed E-state index contributed by atoms with van der Waals surface area (Å²) in [6, 6.07) is 2.73. The topological polar surface area (TPSA) is 101 Å². The van der Waals surface area contributed by atoms with Crippen LogP contribution in [0.1, 0.15) is 38.6 Å². The summed E-state index contributed by atoms with van der Waals surface area (Å²) in [5.41, 5.74) is 6.70. The highest BCUT2D eigenvalue weighted by atomic mass is 16.5. The van der Waals surface area contributed by atoms with Gasteiger partial charge in [0, 0.05) is 19.2 Å². The Balaban J connectivity index is 1.90. The van der Waals surface area contributed by atoms with Gasteiger partial charge >= 0.3 is 0 Å². The van der Waals surface area contributed by atoms with Crippen molar-refractivity contribution in [1.29, 1.82) is 5.26 Å². The Morgan fingerprint density at radius 2 is 2.32 bits per heavy atom. The molecule has 0 amide bonds. The van der Waals surface area contributed by atoms with Crippen molar-refractivity contribution in [3.63, 3.8) is 0 Å². The zero-order valence-electron chi connectivity index (χ0n) is 13.2. The third-order valence-corrected chi connectivity index (χ3v) is 3.89. The van der Waals surface area contributed by atoms with Crippen LogP contribution in [0, 0.1) is 17.2 Å². The lowest BCUT2D eigenvalue weighted by molar-refractivity contribution is 0.186. The van der Waals surface area contributed by atoms with Crippen LogP contribution < -0.4 is 11.1 Å². The number of aliphatic imine (C=N–C) groups is 1. The second-order valence-corrected chi connectivity index (χ2v) is 5.79. The monoisotopic (exact) mass is 304 g/mol. The molecule has 1 aliphatic carbocycles. The summed E-state index contributed by atoms with van der Waals surface area (Å²) in [4.78, 5) is 4.29. The maximum atomic E-state index is 8.94. The average molecular weight is 304 g/mol. The van der Waals surface area contributed by atoms with Crippen molar-refractivity contribution in [2.24, 2.45) is 16.6 Å². The van der Waals surface area contributed by atoms with Gasteiger partial charge in [-0.3, -0.25) is 4.68 Å². The van der Waals surface area contributed by atoms with Crippen molar-refractivity contribution >= 4 is 11.6 Å². The maximum absolute atomic E-state index is 8.94. The molecule has 7 nitrogen and oxygen atoms in total. The first kappa shape index (κ1) is 16.3. The van der Waals surface area contributed by atoms with Crippen molar-refractivity contribution in [3.8, 4) is 6.07 Å². The second-order valence-electron chi connectivity index (χ2n) is 5.79. The van der Waals surface area contributed by atoms with Gasteiger partial charge in [-0.15, -0.1) is 0 Å². The van der Waals surface area contributed by atoms with Crippen LogP contribution in [0.25, 0.3) is 0 Å². The zero-order valence-corrected chi connectivity index (χ0v) is 13.2. The lowest BCUT2D eigenvalue weighted by atomic mass is 9.87. The molecule has 0 radical (unpaired) electrons. The van der Waals surface area contributed by atoms with E-state index in [4.69, 9.17) is 15.7 Å². The Kier molecular flexibility index (Phi) is 5.78. The van der Waals surface area contributed by atoms with Gasteiger partial charge in [0.25, 0.3) is 0 Å². The number of nitriles is 1. The third-order valence-electron chi connectivity index (χ3n) is 3.89. The smallest absolute Gasteiger partial charge is 0.193 e. The number of anilines is 1. The molecule has 22 heavy (non-hydrogen) atoms. The summed E-state index contributed by atoms with van der Waals surface area (Å²) in [6.45, 7) is 2.47. The Morgan fingerprint density at radius 3 is 2.95 bits per heavy atom. The molecule has 1 aromatic heterocycles. The molecule has 0 spiro atoms. The fourth-order valence-electron chi connectivity index (χ4n) is 2.77. The molecular formula is C15H24N6O. The van der Waals surface area contributed by atoms with Crippen LogP contribution in [0.4, 0.5) is 5.69 Å². The Bertz CT molecular complexity index is 538. The largest absolute Gasteiger partial charge is 0.382 e. The quantitative estimate of drug-likeness (QED) is 0.639. The first-order chi connectivity index (χ1) is 10.6. The number of nitrogens with one attached hydrogen (secondary N) is 1. The van der Waals surface area contributed by atoms with E-state index in [9.17, 15) is 0 Å². The van der Waals surface area contributed by atoms with Gasteiger partial charge in [0.05, 0.1) is 36.6 Å². The predicted octanol–water partition coefficient (Wildman–Crippen LogP) is 1.90. The molecule has 1 fully saturated rings. The van der Waals surface area contributed by atoms with Gasteiger partial charge in [0.1, 0.15) is 0 Å². The SMILES string of the molecule is COCC(C)/N=C(\N)Nc1cnn([C@H]2CC[C@@H](C#N)CC2)c1. The van der Waals surface area contributed by atoms with Gasteiger partial charge in [0.2, 0.25) is 0 Å². The van der Waals surface area contributed by atoms with Crippen LogP contribution in [0.3, 0.4) is 0 Å². The van der Waals surface area contributed by atoms with E-state index in [-0.39, 0.29) is 12.0 Å².